The Bertz CT molecular complexity index is 847. The first kappa shape index (κ1) is 16.7. The highest BCUT2D eigenvalue weighted by Crippen LogP contribution is 2.22. The average molecular weight is 405 g/mol. The molecule has 122 valence electrons. The van der Waals surface area contributed by atoms with Gasteiger partial charge in [-0.3, -0.25) is 4.79 Å². The summed E-state index contributed by atoms with van der Waals surface area (Å²) in [7, 11) is 0. The summed E-state index contributed by atoms with van der Waals surface area (Å²) in [5, 5.41) is 3.40. The van der Waals surface area contributed by atoms with Crippen LogP contribution in [0.15, 0.2) is 65.7 Å². The molecule has 0 aliphatic heterocycles. The number of amides is 1. The van der Waals surface area contributed by atoms with Gasteiger partial charge in [0.25, 0.3) is 5.91 Å². The molecule has 3 aromatic rings. The fourth-order valence-electron chi connectivity index (χ4n) is 2.38. The van der Waals surface area contributed by atoms with Gasteiger partial charge in [-0.05, 0) is 42.8 Å². The van der Waals surface area contributed by atoms with Crippen molar-refractivity contribution in [1.82, 2.24) is 14.9 Å². The van der Waals surface area contributed by atoms with Gasteiger partial charge in [-0.1, -0.05) is 39.7 Å². The fourth-order valence-corrected chi connectivity index (χ4v) is 2.94. The molecule has 1 N–H and O–H groups in total. The lowest BCUT2D eigenvalue weighted by Gasteiger charge is -2.16. The van der Waals surface area contributed by atoms with Crippen LogP contribution in [-0.2, 0) is 0 Å². The molecule has 0 aliphatic carbocycles. The van der Waals surface area contributed by atoms with Crippen LogP contribution in [0.2, 0.25) is 5.02 Å². The average Bonchev–Trinajstić information content (AvgIpc) is 3.11. The summed E-state index contributed by atoms with van der Waals surface area (Å²) in [5.41, 5.74) is 2.48. The van der Waals surface area contributed by atoms with Crippen LogP contribution < -0.4 is 5.32 Å². The fraction of sp³-hybridized carbons (Fsp3) is 0.111. The summed E-state index contributed by atoms with van der Waals surface area (Å²) in [6, 6.07) is 13.0. The molecule has 0 spiro atoms. The van der Waals surface area contributed by atoms with Crippen LogP contribution in [0.5, 0.6) is 0 Å². The van der Waals surface area contributed by atoms with E-state index in [1.54, 1.807) is 30.7 Å². The Morgan fingerprint density at radius 2 is 2.00 bits per heavy atom. The third-order valence-electron chi connectivity index (χ3n) is 3.72. The number of carbonyl (C=O) groups is 1. The van der Waals surface area contributed by atoms with Gasteiger partial charge in [0, 0.05) is 22.6 Å². The van der Waals surface area contributed by atoms with Gasteiger partial charge in [0.2, 0.25) is 0 Å². The predicted molar refractivity (Wildman–Crippen MR) is 98.6 cm³/mol. The first-order valence-electron chi connectivity index (χ1n) is 7.39. The van der Waals surface area contributed by atoms with Crippen molar-refractivity contribution in [3.8, 4) is 5.69 Å². The van der Waals surface area contributed by atoms with Crippen molar-refractivity contribution >= 4 is 33.4 Å². The largest absolute Gasteiger partial charge is 0.345 e. The zero-order valence-electron chi connectivity index (χ0n) is 12.9. The molecule has 24 heavy (non-hydrogen) atoms. The van der Waals surface area contributed by atoms with E-state index in [1.165, 1.54) is 0 Å². The van der Waals surface area contributed by atoms with Crippen molar-refractivity contribution in [1.29, 1.82) is 0 Å². The minimum atomic E-state index is -0.201. The lowest BCUT2D eigenvalue weighted by Crippen LogP contribution is -2.26. The molecule has 1 heterocycles. The summed E-state index contributed by atoms with van der Waals surface area (Å²) < 4.78 is 2.74. The second kappa shape index (κ2) is 7.20. The quantitative estimate of drug-likeness (QED) is 0.680. The van der Waals surface area contributed by atoms with Crippen molar-refractivity contribution in [3.63, 3.8) is 0 Å². The number of nitrogens with zero attached hydrogens (tertiary/aromatic N) is 2. The normalized spacial score (nSPS) is 12.0. The van der Waals surface area contributed by atoms with Gasteiger partial charge in [0.1, 0.15) is 0 Å². The van der Waals surface area contributed by atoms with Crippen LogP contribution in [0.4, 0.5) is 0 Å². The van der Waals surface area contributed by atoms with Gasteiger partial charge < -0.3 is 9.88 Å². The van der Waals surface area contributed by atoms with Gasteiger partial charge >= 0.3 is 0 Å². The molecule has 4 nitrogen and oxygen atoms in total. The molecule has 1 atom stereocenters. The Morgan fingerprint density at radius 3 is 2.67 bits per heavy atom. The van der Waals surface area contributed by atoms with E-state index in [0.29, 0.717) is 10.6 Å². The molecule has 1 amide bonds. The van der Waals surface area contributed by atoms with E-state index in [4.69, 9.17) is 11.6 Å². The number of aromatic nitrogens is 2. The summed E-state index contributed by atoms with van der Waals surface area (Å²) in [6.45, 7) is 1.94. The Hall–Kier alpha value is -2.11. The Morgan fingerprint density at radius 1 is 1.25 bits per heavy atom. The molecule has 0 radical (unpaired) electrons. The van der Waals surface area contributed by atoms with E-state index in [0.717, 1.165) is 15.7 Å². The number of halogens is 2. The Balaban J connectivity index is 1.73. The maximum absolute atomic E-state index is 12.4. The molecule has 0 aliphatic rings. The minimum absolute atomic E-state index is 0.135. The zero-order valence-corrected chi connectivity index (χ0v) is 15.3. The molecule has 1 unspecified atom stereocenters. The van der Waals surface area contributed by atoms with Gasteiger partial charge in [-0.15, -0.1) is 0 Å². The molecule has 0 saturated heterocycles. The van der Waals surface area contributed by atoms with E-state index in [2.05, 4.69) is 26.2 Å². The molecule has 2 aromatic carbocycles. The van der Waals surface area contributed by atoms with E-state index in [9.17, 15) is 4.79 Å². The van der Waals surface area contributed by atoms with Gasteiger partial charge in [0.05, 0.1) is 23.0 Å². The van der Waals surface area contributed by atoms with Crippen molar-refractivity contribution in [2.24, 2.45) is 0 Å². The summed E-state index contributed by atoms with van der Waals surface area (Å²) in [6.07, 6.45) is 5.36. The van der Waals surface area contributed by atoms with Gasteiger partial charge in [-0.25, -0.2) is 4.98 Å². The highest BCUT2D eigenvalue weighted by Gasteiger charge is 2.14. The first-order chi connectivity index (χ1) is 11.5. The molecule has 1 aromatic heterocycles. The maximum Gasteiger partial charge on any atom is 0.253 e. The second-order valence-electron chi connectivity index (χ2n) is 5.38. The summed E-state index contributed by atoms with van der Waals surface area (Å²) in [5.74, 6) is -0.201. The molecule has 0 fully saturated rings. The molecule has 6 heteroatoms. The molecule has 3 rings (SSSR count). The van der Waals surface area contributed by atoms with E-state index in [1.807, 2.05) is 42.0 Å². The first-order valence-corrected chi connectivity index (χ1v) is 8.56. The number of nitrogens with one attached hydrogen (secondary N) is 1. The smallest absolute Gasteiger partial charge is 0.253 e. The highest BCUT2D eigenvalue weighted by atomic mass is 79.9. The number of hydrogen-bond acceptors (Lipinski definition) is 2. The molecule has 0 saturated carbocycles. The van der Waals surface area contributed by atoms with Crippen molar-refractivity contribution < 1.29 is 4.79 Å². The van der Waals surface area contributed by atoms with Gasteiger partial charge in [-0.2, -0.15) is 0 Å². The van der Waals surface area contributed by atoms with E-state index >= 15 is 0 Å². The van der Waals surface area contributed by atoms with Crippen LogP contribution in [0.25, 0.3) is 5.69 Å². The van der Waals surface area contributed by atoms with Gasteiger partial charge in [0.15, 0.2) is 0 Å². The summed E-state index contributed by atoms with van der Waals surface area (Å²) >= 11 is 9.46. The standard InChI is InChI=1S/C18H15BrClN3O/c1-12(22-18(24)16-10-14(19)4-7-17(16)20)13-2-5-15(6-3-13)23-9-8-21-11-23/h2-12H,1H3,(H,22,24). The zero-order chi connectivity index (χ0) is 17.1. The minimum Gasteiger partial charge on any atom is -0.345 e. The SMILES string of the molecule is CC(NC(=O)c1cc(Br)ccc1Cl)c1ccc(-n2ccnc2)cc1. The Labute approximate surface area is 153 Å². The molecule has 0 bridgehead atoms. The van der Waals surface area contributed by atoms with Crippen molar-refractivity contribution in [3.05, 3.63) is 81.8 Å². The third kappa shape index (κ3) is 3.68. The van der Waals surface area contributed by atoms with E-state index in [-0.39, 0.29) is 11.9 Å². The monoisotopic (exact) mass is 403 g/mol. The summed E-state index contributed by atoms with van der Waals surface area (Å²) in [4.78, 5) is 16.5. The van der Waals surface area contributed by atoms with Crippen LogP contribution in [0.1, 0.15) is 28.9 Å². The predicted octanol–water partition coefficient (Wildman–Crippen LogP) is 4.78. The van der Waals surface area contributed by atoms with Crippen LogP contribution in [0.3, 0.4) is 0 Å². The number of hydrogen-bond donors (Lipinski definition) is 1. The number of carbonyl (C=O) groups excluding carboxylic acids is 1. The topological polar surface area (TPSA) is 46.9 Å². The Kier molecular flexibility index (Phi) is 5.02. The molecular formula is C18H15BrClN3O. The van der Waals surface area contributed by atoms with Crippen molar-refractivity contribution in [2.75, 3.05) is 0 Å². The van der Waals surface area contributed by atoms with Crippen LogP contribution in [-0.4, -0.2) is 15.5 Å². The van der Waals surface area contributed by atoms with Crippen LogP contribution in [0, 0.1) is 0 Å². The molecular weight excluding hydrogens is 390 g/mol. The maximum atomic E-state index is 12.4. The lowest BCUT2D eigenvalue weighted by molar-refractivity contribution is 0.0940. The number of imidazole rings is 1. The van der Waals surface area contributed by atoms with E-state index < -0.39 is 0 Å². The highest BCUT2D eigenvalue weighted by molar-refractivity contribution is 9.10. The number of benzene rings is 2. The van der Waals surface area contributed by atoms with Crippen LogP contribution >= 0.6 is 27.5 Å². The third-order valence-corrected chi connectivity index (χ3v) is 4.54. The lowest BCUT2D eigenvalue weighted by atomic mass is 10.1. The number of rotatable bonds is 4. The second-order valence-corrected chi connectivity index (χ2v) is 6.70. The van der Waals surface area contributed by atoms with Crippen molar-refractivity contribution in [2.45, 2.75) is 13.0 Å².